The van der Waals surface area contributed by atoms with Crippen LogP contribution in [0.15, 0.2) is 43.0 Å². The van der Waals surface area contributed by atoms with Gasteiger partial charge in [0.25, 0.3) is 0 Å². The lowest BCUT2D eigenvalue weighted by Gasteiger charge is -2.21. The van der Waals surface area contributed by atoms with Crippen molar-refractivity contribution in [2.75, 3.05) is 11.9 Å². The van der Waals surface area contributed by atoms with E-state index in [2.05, 4.69) is 25.6 Å². The van der Waals surface area contributed by atoms with Crippen molar-refractivity contribution >= 4 is 29.0 Å². The standard InChI is InChI=1S/C23H26N6O6/c1-2-24-23(32)28-20-17-21(26-11-25-20)29(12-27-17)22-19-18(14(33-22)8-9-15(30)31)34-16(35-19)10-13-6-4-3-5-7-13/h3-7,11-12,14,16,18-19,22H,2,8-10H2,1H3,(H,30,31)(H2,24,25,26,28,32)/t14-,16-,18?,19-,22?/m0/s1. The molecule has 2 saturated heterocycles. The molecule has 2 fully saturated rings. The predicted molar refractivity (Wildman–Crippen MR) is 122 cm³/mol. The second-order valence-corrected chi connectivity index (χ2v) is 8.35. The number of amides is 2. The number of benzene rings is 1. The summed E-state index contributed by atoms with van der Waals surface area (Å²) in [5, 5.41) is 14.5. The Balaban J connectivity index is 1.41. The molecular weight excluding hydrogens is 456 g/mol. The van der Waals surface area contributed by atoms with Crippen molar-refractivity contribution in [3.8, 4) is 0 Å². The van der Waals surface area contributed by atoms with Crippen LogP contribution < -0.4 is 10.6 Å². The van der Waals surface area contributed by atoms with E-state index in [1.165, 1.54) is 6.33 Å². The van der Waals surface area contributed by atoms with Crippen LogP contribution >= 0.6 is 0 Å². The first-order valence-electron chi connectivity index (χ1n) is 11.5. The zero-order valence-corrected chi connectivity index (χ0v) is 19.0. The average molecular weight is 482 g/mol. The lowest BCUT2D eigenvalue weighted by molar-refractivity contribution is -0.148. The van der Waals surface area contributed by atoms with E-state index in [9.17, 15) is 14.7 Å². The molecule has 12 heteroatoms. The van der Waals surface area contributed by atoms with Gasteiger partial charge in [0, 0.05) is 19.4 Å². The maximum Gasteiger partial charge on any atom is 0.320 e. The van der Waals surface area contributed by atoms with E-state index >= 15 is 0 Å². The van der Waals surface area contributed by atoms with Gasteiger partial charge < -0.3 is 24.6 Å². The van der Waals surface area contributed by atoms with Crippen LogP contribution in [0, 0.1) is 0 Å². The minimum absolute atomic E-state index is 0.0548. The van der Waals surface area contributed by atoms with Crippen molar-refractivity contribution in [3.05, 3.63) is 48.5 Å². The fourth-order valence-corrected chi connectivity index (χ4v) is 4.47. The number of fused-ring (bicyclic) bond motifs is 2. The quantitative estimate of drug-likeness (QED) is 0.438. The van der Waals surface area contributed by atoms with E-state index in [0.717, 1.165) is 5.56 Å². The van der Waals surface area contributed by atoms with Crippen molar-refractivity contribution < 1.29 is 28.9 Å². The third-order valence-electron chi connectivity index (χ3n) is 5.99. The van der Waals surface area contributed by atoms with Gasteiger partial charge >= 0.3 is 12.0 Å². The lowest BCUT2D eigenvalue weighted by Crippen LogP contribution is -2.29. The molecule has 3 aromatic rings. The minimum Gasteiger partial charge on any atom is -0.481 e. The number of carbonyl (C=O) groups excluding carboxylic acids is 1. The molecule has 184 valence electrons. The van der Waals surface area contributed by atoms with Crippen molar-refractivity contribution in [1.82, 2.24) is 24.8 Å². The van der Waals surface area contributed by atoms with Crippen LogP contribution in [-0.4, -0.2) is 67.8 Å². The zero-order chi connectivity index (χ0) is 24.4. The van der Waals surface area contributed by atoms with Crippen molar-refractivity contribution in [2.24, 2.45) is 0 Å². The number of hydrogen-bond donors (Lipinski definition) is 3. The molecule has 0 bridgehead atoms. The third-order valence-corrected chi connectivity index (χ3v) is 5.99. The number of aliphatic carboxylic acids is 1. The molecule has 2 aromatic heterocycles. The van der Waals surface area contributed by atoms with Gasteiger partial charge in [-0.05, 0) is 18.9 Å². The normalized spacial score (nSPS) is 25.5. The highest BCUT2D eigenvalue weighted by Crippen LogP contribution is 2.42. The summed E-state index contributed by atoms with van der Waals surface area (Å²) in [6.45, 7) is 2.28. The number of imidazole rings is 1. The number of aromatic nitrogens is 4. The Kier molecular flexibility index (Phi) is 6.57. The van der Waals surface area contributed by atoms with Crippen LogP contribution in [0.1, 0.15) is 31.6 Å². The van der Waals surface area contributed by atoms with E-state index < -0.39 is 42.8 Å². The van der Waals surface area contributed by atoms with Gasteiger partial charge in [0.2, 0.25) is 0 Å². The van der Waals surface area contributed by atoms with Gasteiger partial charge in [-0.1, -0.05) is 30.3 Å². The fourth-order valence-electron chi connectivity index (χ4n) is 4.47. The van der Waals surface area contributed by atoms with Crippen LogP contribution in [0.25, 0.3) is 11.2 Å². The first kappa shape index (κ1) is 23.1. The van der Waals surface area contributed by atoms with Gasteiger partial charge in [-0.25, -0.2) is 19.7 Å². The minimum atomic E-state index is -0.907. The number of urea groups is 1. The van der Waals surface area contributed by atoms with Crippen LogP contribution in [-0.2, 0) is 25.4 Å². The molecule has 2 unspecified atom stereocenters. The van der Waals surface area contributed by atoms with Crippen molar-refractivity contribution in [3.63, 3.8) is 0 Å². The van der Waals surface area contributed by atoms with Crippen LogP contribution in [0.5, 0.6) is 0 Å². The van der Waals surface area contributed by atoms with Gasteiger partial charge in [-0.15, -0.1) is 0 Å². The number of carboxylic acid groups (broad SMARTS) is 1. The molecule has 2 aliphatic heterocycles. The Morgan fingerprint density at radius 2 is 1.89 bits per heavy atom. The number of anilines is 1. The maximum absolute atomic E-state index is 12.0. The van der Waals surface area contributed by atoms with Gasteiger partial charge in [-0.3, -0.25) is 14.7 Å². The molecule has 2 aliphatic rings. The largest absolute Gasteiger partial charge is 0.481 e. The molecule has 12 nitrogen and oxygen atoms in total. The highest BCUT2D eigenvalue weighted by atomic mass is 16.8. The van der Waals surface area contributed by atoms with Gasteiger partial charge in [0.05, 0.1) is 12.4 Å². The Labute approximate surface area is 200 Å². The highest BCUT2D eigenvalue weighted by Gasteiger charge is 2.53. The molecule has 0 saturated carbocycles. The molecule has 5 rings (SSSR count). The monoisotopic (exact) mass is 482 g/mol. The molecular formula is C23H26N6O6. The van der Waals surface area contributed by atoms with Crippen molar-refractivity contribution in [1.29, 1.82) is 0 Å². The van der Waals surface area contributed by atoms with E-state index in [1.54, 1.807) is 10.9 Å². The fraction of sp³-hybridized carbons (Fsp3) is 0.435. The zero-order valence-electron chi connectivity index (χ0n) is 19.0. The third kappa shape index (κ3) is 4.81. The number of hydrogen-bond acceptors (Lipinski definition) is 8. The molecule has 0 spiro atoms. The number of nitrogens with zero attached hydrogens (tertiary/aromatic N) is 4. The first-order valence-corrected chi connectivity index (χ1v) is 11.5. The van der Waals surface area contributed by atoms with Crippen molar-refractivity contribution in [2.45, 2.75) is 57.0 Å². The summed E-state index contributed by atoms with van der Waals surface area (Å²) in [4.78, 5) is 36.1. The summed E-state index contributed by atoms with van der Waals surface area (Å²) in [5.74, 6) is -0.641. The molecule has 0 aliphatic carbocycles. The van der Waals surface area contributed by atoms with E-state index in [-0.39, 0.29) is 18.7 Å². The molecule has 5 atom stereocenters. The highest BCUT2D eigenvalue weighted by molar-refractivity contribution is 5.95. The molecule has 4 heterocycles. The van der Waals surface area contributed by atoms with Gasteiger partial charge in [0.1, 0.15) is 18.5 Å². The number of rotatable bonds is 8. The first-order chi connectivity index (χ1) is 17.0. The number of carbonyl (C=O) groups is 2. The van der Waals surface area contributed by atoms with Crippen LogP contribution in [0.4, 0.5) is 10.6 Å². The van der Waals surface area contributed by atoms with E-state index in [4.69, 9.17) is 14.2 Å². The predicted octanol–water partition coefficient (Wildman–Crippen LogP) is 2.08. The summed E-state index contributed by atoms with van der Waals surface area (Å²) in [6, 6.07) is 9.46. The summed E-state index contributed by atoms with van der Waals surface area (Å²) in [7, 11) is 0. The summed E-state index contributed by atoms with van der Waals surface area (Å²) in [5.41, 5.74) is 1.91. The summed E-state index contributed by atoms with van der Waals surface area (Å²) < 4.78 is 20.4. The smallest absolute Gasteiger partial charge is 0.320 e. The van der Waals surface area contributed by atoms with Gasteiger partial charge in [0.15, 0.2) is 29.5 Å². The Bertz CT molecular complexity index is 1200. The number of nitrogens with one attached hydrogen (secondary N) is 2. The molecule has 0 radical (unpaired) electrons. The number of ether oxygens (including phenoxy) is 3. The number of carboxylic acids is 1. The molecule has 3 N–H and O–H groups in total. The average Bonchev–Trinajstić information content (AvgIpc) is 3.53. The maximum atomic E-state index is 12.0. The lowest BCUT2D eigenvalue weighted by atomic mass is 10.1. The SMILES string of the molecule is CCNC(=O)Nc1ncnc2c1ncn2C1O[C@@H](CCC(=O)O)C2O[C@H](Cc3ccccc3)O[C@@H]21. The summed E-state index contributed by atoms with van der Waals surface area (Å²) >= 11 is 0. The second kappa shape index (κ2) is 9.94. The van der Waals surface area contributed by atoms with Crippen LogP contribution in [0.3, 0.4) is 0 Å². The topological polar surface area (TPSA) is 150 Å². The van der Waals surface area contributed by atoms with Gasteiger partial charge in [-0.2, -0.15) is 0 Å². The van der Waals surface area contributed by atoms with E-state index in [0.29, 0.717) is 24.1 Å². The molecule has 1 aromatic carbocycles. The Morgan fingerprint density at radius 1 is 1.09 bits per heavy atom. The van der Waals surface area contributed by atoms with E-state index in [1.807, 2.05) is 37.3 Å². The van der Waals surface area contributed by atoms with Crippen LogP contribution in [0.2, 0.25) is 0 Å². The Hall–Kier alpha value is -3.61. The Morgan fingerprint density at radius 3 is 2.66 bits per heavy atom. The second-order valence-electron chi connectivity index (χ2n) is 8.35. The summed E-state index contributed by atoms with van der Waals surface area (Å²) in [6.07, 6.45) is 1.12. The molecule has 35 heavy (non-hydrogen) atoms. The molecule has 2 amide bonds.